The number of hydrogen-bond acceptors (Lipinski definition) is 4. The van der Waals surface area contributed by atoms with Gasteiger partial charge in [0.05, 0.1) is 18.5 Å². The molecule has 0 radical (unpaired) electrons. The van der Waals surface area contributed by atoms with Crippen molar-refractivity contribution in [2.45, 2.75) is 39.4 Å². The van der Waals surface area contributed by atoms with Crippen LogP contribution in [0.2, 0.25) is 0 Å². The summed E-state index contributed by atoms with van der Waals surface area (Å²) < 4.78 is 7.02. The van der Waals surface area contributed by atoms with E-state index in [-0.39, 0.29) is 12.0 Å². The van der Waals surface area contributed by atoms with E-state index in [2.05, 4.69) is 65.5 Å². The molecule has 1 unspecified atom stereocenters. The number of methoxy groups -OCH3 is 1. The van der Waals surface area contributed by atoms with Crippen LogP contribution in [0, 0.1) is 13.8 Å². The van der Waals surface area contributed by atoms with Gasteiger partial charge in [-0.3, -0.25) is 9.69 Å². The maximum Gasteiger partial charge on any atom is 0.323 e. The van der Waals surface area contributed by atoms with Crippen molar-refractivity contribution < 1.29 is 9.53 Å². The first-order valence-electron chi connectivity index (χ1n) is 9.56. The van der Waals surface area contributed by atoms with Crippen molar-refractivity contribution in [3.8, 4) is 5.69 Å². The molecular formula is C23H25N3O2. The molecule has 1 aromatic heterocycles. The van der Waals surface area contributed by atoms with Crippen molar-refractivity contribution >= 4 is 5.97 Å². The Morgan fingerprint density at radius 1 is 1.11 bits per heavy atom. The van der Waals surface area contributed by atoms with E-state index < -0.39 is 0 Å². The predicted octanol–water partition coefficient (Wildman–Crippen LogP) is 3.59. The lowest BCUT2D eigenvalue weighted by Crippen LogP contribution is -2.45. The Hall–Kier alpha value is -2.92. The SMILES string of the molecule is COC(=O)C1Cc2ccccc2CN1Cc1ccc(-n2nc(C)cc2C)cc1. The minimum atomic E-state index is -0.254. The minimum Gasteiger partial charge on any atom is -0.468 e. The van der Waals surface area contributed by atoms with Gasteiger partial charge in [0.2, 0.25) is 0 Å². The number of nitrogens with zero attached hydrogens (tertiary/aromatic N) is 3. The maximum absolute atomic E-state index is 12.4. The fraction of sp³-hybridized carbons (Fsp3) is 0.304. The highest BCUT2D eigenvalue weighted by Crippen LogP contribution is 2.26. The number of esters is 1. The van der Waals surface area contributed by atoms with Gasteiger partial charge in [-0.2, -0.15) is 5.10 Å². The normalized spacial score (nSPS) is 16.6. The van der Waals surface area contributed by atoms with Crippen LogP contribution in [0.25, 0.3) is 5.69 Å². The Balaban J connectivity index is 1.56. The van der Waals surface area contributed by atoms with Crippen LogP contribution in [0.15, 0.2) is 54.6 Å². The largest absolute Gasteiger partial charge is 0.468 e. The summed E-state index contributed by atoms with van der Waals surface area (Å²) in [5.41, 5.74) is 6.84. The lowest BCUT2D eigenvalue weighted by atomic mass is 9.93. The van der Waals surface area contributed by atoms with Gasteiger partial charge in [-0.15, -0.1) is 0 Å². The third kappa shape index (κ3) is 3.58. The molecule has 1 atom stereocenters. The van der Waals surface area contributed by atoms with Gasteiger partial charge in [-0.1, -0.05) is 36.4 Å². The second-order valence-electron chi connectivity index (χ2n) is 7.42. The molecule has 4 rings (SSSR count). The molecule has 0 saturated heterocycles. The van der Waals surface area contributed by atoms with Gasteiger partial charge in [-0.05, 0) is 55.2 Å². The van der Waals surface area contributed by atoms with E-state index in [0.717, 1.165) is 23.6 Å². The van der Waals surface area contributed by atoms with Crippen LogP contribution in [0.5, 0.6) is 0 Å². The first-order valence-corrected chi connectivity index (χ1v) is 9.56. The molecule has 3 aromatic rings. The number of hydrogen-bond donors (Lipinski definition) is 0. The number of ether oxygens (including phenoxy) is 1. The van der Waals surface area contributed by atoms with Gasteiger partial charge in [0.15, 0.2) is 0 Å². The molecule has 5 nitrogen and oxygen atoms in total. The molecule has 1 aliphatic heterocycles. The topological polar surface area (TPSA) is 47.4 Å². The van der Waals surface area contributed by atoms with Gasteiger partial charge in [0, 0.05) is 18.8 Å². The molecular weight excluding hydrogens is 350 g/mol. The Morgan fingerprint density at radius 3 is 2.46 bits per heavy atom. The van der Waals surface area contributed by atoms with E-state index in [0.29, 0.717) is 13.0 Å². The van der Waals surface area contributed by atoms with E-state index in [1.54, 1.807) is 0 Å². The van der Waals surface area contributed by atoms with Crippen molar-refractivity contribution in [1.29, 1.82) is 0 Å². The smallest absolute Gasteiger partial charge is 0.323 e. The Kier molecular flexibility index (Phi) is 5.01. The molecule has 0 N–H and O–H groups in total. The van der Waals surface area contributed by atoms with Gasteiger partial charge in [0.1, 0.15) is 6.04 Å². The van der Waals surface area contributed by atoms with E-state index in [1.807, 2.05) is 17.7 Å². The zero-order chi connectivity index (χ0) is 19.7. The summed E-state index contributed by atoms with van der Waals surface area (Å²) in [6, 6.07) is 18.5. The number of carbonyl (C=O) groups is 1. The molecule has 5 heteroatoms. The standard InChI is InChI=1S/C23H25N3O2/c1-16-12-17(2)26(24-16)21-10-8-18(9-11-21)14-25-15-20-7-5-4-6-19(20)13-22(25)23(27)28-3/h4-12,22H,13-15H2,1-3H3. The van der Waals surface area contributed by atoms with E-state index in [1.165, 1.54) is 23.8 Å². The highest BCUT2D eigenvalue weighted by atomic mass is 16.5. The quantitative estimate of drug-likeness (QED) is 0.654. The van der Waals surface area contributed by atoms with E-state index >= 15 is 0 Å². The Bertz CT molecular complexity index is 991. The second kappa shape index (κ2) is 7.60. The summed E-state index contributed by atoms with van der Waals surface area (Å²) in [6.07, 6.45) is 0.687. The monoisotopic (exact) mass is 375 g/mol. The number of aromatic nitrogens is 2. The fourth-order valence-electron chi connectivity index (χ4n) is 3.98. The van der Waals surface area contributed by atoms with Crippen LogP contribution in [0.1, 0.15) is 28.1 Å². The average molecular weight is 375 g/mol. The van der Waals surface area contributed by atoms with Crippen LogP contribution in [-0.2, 0) is 29.0 Å². The first-order chi connectivity index (χ1) is 13.5. The molecule has 0 amide bonds. The molecule has 0 spiro atoms. The highest BCUT2D eigenvalue weighted by Gasteiger charge is 2.32. The summed E-state index contributed by atoms with van der Waals surface area (Å²) in [6.45, 7) is 5.50. The maximum atomic E-state index is 12.4. The molecule has 28 heavy (non-hydrogen) atoms. The summed E-state index contributed by atoms with van der Waals surface area (Å²) in [4.78, 5) is 14.6. The van der Waals surface area contributed by atoms with Gasteiger partial charge >= 0.3 is 5.97 Å². The minimum absolute atomic E-state index is 0.172. The van der Waals surface area contributed by atoms with Crippen molar-refractivity contribution in [3.63, 3.8) is 0 Å². The first kappa shape index (κ1) is 18.4. The Morgan fingerprint density at radius 2 is 1.82 bits per heavy atom. The number of carbonyl (C=O) groups excluding carboxylic acids is 1. The summed E-state index contributed by atoms with van der Waals surface area (Å²) in [5, 5.41) is 4.54. The Labute approximate surface area is 165 Å². The molecule has 0 bridgehead atoms. The fourth-order valence-corrected chi connectivity index (χ4v) is 3.98. The third-order valence-corrected chi connectivity index (χ3v) is 5.40. The van der Waals surface area contributed by atoms with Crippen molar-refractivity contribution in [2.75, 3.05) is 7.11 Å². The van der Waals surface area contributed by atoms with Crippen LogP contribution >= 0.6 is 0 Å². The van der Waals surface area contributed by atoms with Crippen LogP contribution in [0.4, 0.5) is 0 Å². The lowest BCUT2D eigenvalue weighted by molar-refractivity contribution is -0.148. The summed E-state index contributed by atoms with van der Waals surface area (Å²) >= 11 is 0. The van der Waals surface area contributed by atoms with Gasteiger partial charge in [-0.25, -0.2) is 4.68 Å². The van der Waals surface area contributed by atoms with Crippen LogP contribution in [0.3, 0.4) is 0 Å². The van der Waals surface area contributed by atoms with Gasteiger partial charge < -0.3 is 4.74 Å². The molecule has 0 aliphatic carbocycles. The van der Waals surface area contributed by atoms with Crippen molar-refractivity contribution in [3.05, 3.63) is 82.7 Å². The molecule has 0 saturated carbocycles. The second-order valence-corrected chi connectivity index (χ2v) is 7.42. The van der Waals surface area contributed by atoms with Crippen LogP contribution in [-0.4, -0.2) is 33.8 Å². The molecule has 2 aromatic carbocycles. The summed E-state index contributed by atoms with van der Waals surface area (Å²) in [7, 11) is 1.46. The van der Waals surface area contributed by atoms with E-state index in [4.69, 9.17) is 4.74 Å². The van der Waals surface area contributed by atoms with Crippen molar-refractivity contribution in [1.82, 2.24) is 14.7 Å². The zero-order valence-electron chi connectivity index (χ0n) is 16.6. The molecule has 0 fully saturated rings. The lowest BCUT2D eigenvalue weighted by Gasteiger charge is -2.35. The number of fused-ring (bicyclic) bond motifs is 1. The molecule has 2 heterocycles. The molecule has 1 aliphatic rings. The zero-order valence-corrected chi connectivity index (χ0v) is 16.6. The van der Waals surface area contributed by atoms with Crippen molar-refractivity contribution in [2.24, 2.45) is 0 Å². The number of aryl methyl sites for hydroxylation is 2. The third-order valence-electron chi connectivity index (χ3n) is 5.40. The predicted molar refractivity (Wildman–Crippen MR) is 108 cm³/mol. The summed E-state index contributed by atoms with van der Waals surface area (Å²) in [5.74, 6) is -0.172. The highest BCUT2D eigenvalue weighted by molar-refractivity contribution is 5.76. The number of benzene rings is 2. The van der Waals surface area contributed by atoms with E-state index in [9.17, 15) is 4.79 Å². The van der Waals surface area contributed by atoms with Crippen LogP contribution < -0.4 is 0 Å². The number of rotatable bonds is 4. The average Bonchev–Trinajstić information content (AvgIpc) is 3.05. The van der Waals surface area contributed by atoms with Gasteiger partial charge in [0.25, 0.3) is 0 Å². The molecule has 144 valence electrons.